The summed E-state index contributed by atoms with van der Waals surface area (Å²) < 4.78 is 2.47. The van der Waals surface area contributed by atoms with Crippen LogP contribution in [-0.4, -0.2) is 15.0 Å². The van der Waals surface area contributed by atoms with Crippen molar-refractivity contribution in [3.05, 3.63) is 152 Å². The van der Waals surface area contributed by atoms with E-state index in [0.717, 1.165) is 38.9 Å². The first-order chi connectivity index (χ1) is 21.3. The van der Waals surface area contributed by atoms with Gasteiger partial charge < -0.3 is 0 Å². The minimum atomic E-state index is 0.652. The minimum absolute atomic E-state index is 0.652. The molecule has 0 saturated heterocycles. The van der Waals surface area contributed by atoms with Crippen molar-refractivity contribution >= 4 is 31.5 Å². The Labute approximate surface area is 253 Å². The number of benzene rings is 6. The molecule has 0 amide bonds. The van der Waals surface area contributed by atoms with E-state index < -0.39 is 0 Å². The van der Waals surface area contributed by atoms with Crippen LogP contribution in [-0.2, 0) is 0 Å². The average Bonchev–Trinajstić information content (AvgIpc) is 3.48. The van der Waals surface area contributed by atoms with Crippen molar-refractivity contribution in [1.29, 1.82) is 0 Å². The summed E-state index contributed by atoms with van der Waals surface area (Å²) in [7, 11) is 0. The van der Waals surface area contributed by atoms with Crippen LogP contribution in [0.2, 0.25) is 0 Å². The van der Waals surface area contributed by atoms with Crippen LogP contribution in [0.4, 0.5) is 0 Å². The molecule has 0 radical (unpaired) electrons. The summed E-state index contributed by atoms with van der Waals surface area (Å²) in [6, 6.07) is 52.6. The highest BCUT2D eigenvalue weighted by molar-refractivity contribution is 7.25. The maximum Gasteiger partial charge on any atom is 0.164 e. The largest absolute Gasteiger partial charge is 0.208 e. The Balaban J connectivity index is 1.43. The highest BCUT2D eigenvalue weighted by Gasteiger charge is 2.19. The molecule has 0 spiro atoms. The predicted molar refractivity (Wildman–Crippen MR) is 180 cm³/mol. The summed E-state index contributed by atoms with van der Waals surface area (Å²) in [6.45, 7) is 0. The summed E-state index contributed by atoms with van der Waals surface area (Å²) >= 11 is 1.80. The molecule has 0 aliphatic rings. The summed E-state index contributed by atoms with van der Waals surface area (Å²) in [4.78, 5) is 15.6. The van der Waals surface area contributed by atoms with E-state index in [4.69, 9.17) is 15.0 Å². The Hall–Kier alpha value is -5.45. The van der Waals surface area contributed by atoms with Gasteiger partial charge in [-0.2, -0.15) is 0 Å². The van der Waals surface area contributed by atoms with E-state index in [2.05, 4.69) is 140 Å². The summed E-state index contributed by atoms with van der Waals surface area (Å²) in [6.07, 6.45) is 0. The number of fused-ring (bicyclic) bond motifs is 3. The van der Waals surface area contributed by atoms with Gasteiger partial charge in [0, 0.05) is 36.9 Å². The number of nitrogens with zero attached hydrogens (tertiary/aromatic N) is 3. The van der Waals surface area contributed by atoms with Crippen LogP contribution in [0.3, 0.4) is 0 Å². The van der Waals surface area contributed by atoms with E-state index in [1.54, 1.807) is 11.3 Å². The van der Waals surface area contributed by atoms with Gasteiger partial charge in [0.05, 0.1) is 0 Å². The van der Waals surface area contributed by atoms with E-state index in [-0.39, 0.29) is 0 Å². The van der Waals surface area contributed by atoms with Gasteiger partial charge in [-0.25, -0.2) is 15.0 Å². The third kappa shape index (κ3) is 4.58. The summed E-state index contributed by atoms with van der Waals surface area (Å²) in [5.74, 6) is 1.97. The molecular formula is C39H25N3S. The SMILES string of the molecule is c1ccc(-c2ccccc2-c2nc(-c3ccccc3-c3ccccc3)nc(-c3cccc4sc5ccccc5c34)n2)cc1. The van der Waals surface area contributed by atoms with Gasteiger partial charge in [-0.1, -0.05) is 140 Å². The molecule has 8 rings (SSSR count). The molecule has 6 aromatic carbocycles. The van der Waals surface area contributed by atoms with Crippen LogP contribution in [0.1, 0.15) is 0 Å². The highest BCUT2D eigenvalue weighted by atomic mass is 32.1. The molecule has 3 nitrogen and oxygen atoms in total. The number of hydrogen-bond acceptors (Lipinski definition) is 4. The quantitative estimate of drug-likeness (QED) is 0.208. The molecule has 0 N–H and O–H groups in total. The van der Waals surface area contributed by atoms with Gasteiger partial charge in [0.1, 0.15) is 0 Å². The first-order valence-corrected chi connectivity index (χ1v) is 15.1. The number of rotatable bonds is 5. The zero-order chi connectivity index (χ0) is 28.6. The van der Waals surface area contributed by atoms with Gasteiger partial charge >= 0.3 is 0 Å². The lowest BCUT2D eigenvalue weighted by molar-refractivity contribution is 1.08. The molecule has 0 aliphatic heterocycles. The standard InChI is InChI=1S/C39H25N3S/c1-3-14-26(15-4-1)28-18-7-9-20-30(28)37-40-38(31-21-10-8-19-29(31)27-16-5-2-6-17-27)42-39(41-37)33-23-13-25-35-36(33)32-22-11-12-24-34(32)43-35/h1-25H. The molecule has 2 aromatic heterocycles. The van der Waals surface area contributed by atoms with Crippen molar-refractivity contribution in [3.8, 4) is 56.4 Å². The Morgan fingerprint density at radius 3 is 1.33 bits per heavy atom. The first kappa shape index (κ1) is 25.3. The van der Waals surface area contributed by atoms with Crippen molar-refractivity contribution in [2.45, 2.75) is 0 Å². The minimum Gasteiger partial charge on any atom is -0.208 e. The zero-order valence-corrected chi connectivity index (χ0v) is 24.0. The van der Waals surface area contributed by atoms with Crippen molar-refractivity contribution in [2.75, 3.05) is 0 Å². The molecule has 8 aromatic rings. The predicted octanol–water partition coefficient (Wildman–Crippen LogP) is 10.6. The molecule has 0 aliphatic carbocycles. The Morgan fingerprint density at radius 2 is 0.744 bits per heavy atom. The van der Waals surface area contributed by atoms with Crippen molar-refractivity contribution < 1.29 is 0 Å². The maximum absolute atomic E-state index is 5.21. The molecule has 0 bridgehead atoms. The third-order valence-electron chi connectivity index (χ3n) is 7.78. The van der Waals surface area contributed by atoms with Gasteiger partial charge in [0.15, 0.2) is 17.5 Å². The third-order valence-corrected chi connectivity index (χ3v) is 8.92. The Morgan fingerprint density at radius 1 is 0.326 bits per heavy atom. The normalized spacial score (nSPS) is 11.3. The van der Waals surface area contributed by atoms with Gasteiger partial charge in [0.25, 0.3) is 0 Å². The van der Waals surface area contributed by atoms with Crippen LogP contribution in [0, 0.1) is 0 Å². The van der Waals surface area contributed by atoms with E-state index in [1.807, 2.05) is 12.1 Å². The van der Waals surface area contributed by atoms with Crippen molar-refractivity contribution in [1.82, 2.24) is 15.0 Å². The topological polar surface area (TPSA) is 38.7 Å². The highest BCUT2D eigenvalue weighted by Crippen LogP contribution is 2.41. The lowest BCUT2D eigenvalue weighted by atomic mass is 9.98. The molecular weight excluding hydrogens is 543 g/mol. The van der Waals surface area contributed by atoms with Crippen molar-refractivity contribution in [2.24, 2.45) is 0 Å². The Bertz CT molecular complexity index is 2140. The first-order valence-electron chi connectivity index (χ1n) is 14.3. The second kappa shape index (κ2) is 10.8. The summed E-state index contributed by atoms with van der Waals surface area (Å²) in [5, 5.41) is 2.40. The molecule has 2 heterocycles. The molecule has 0 unspecified atom stereocenters. The van der Waals surface area contributed by atoms with Crippen LogP contribution in [0.25, 0.3) is 76.6 Å². The molecule has 4 heteroatoms. The lowest BCUT2D eigenvalue weighted by Gasteiger charge is -2.14. The second-order valence-electron chi connectivity index (χ2n) is 10.4. The fraction of sp³-hybridized carbons (Fsp3) is 0. The molecule has 0 saturated carbocycles. The number of aromatic nitrogens is 3. The van der Waals surface area contributed by atoms with Gasteiger partial charge in [-0.15, -0.1) is 11.3 Å². The fourth-order valence-electron chi connectivity index (χ4n) is 5.79. The van der Waals surface area contributed by atoms with Gasteiger partial charge in [-0.05, 0) is 34.4 Å². The van der Waals surface area contributed by atoms with Gasteiger partial charge in [0.2, 0.25) is 0 Å². The van der Waals surface area contributed by atoms with Crippen LogP contribution >= 0.6 is 11.3 Å². The summed E-state index contributed by atoms with van der Waals surface area (Å²) in [5.41, 5.74) is 7.36. The van der Waals surface area contributed by atoms with E-state index in [9.17, 15) is 0 Å². The molecule has 202 valence electrons. The zero-order valence-electron chi connectivity index (χ0n) is 23.2. The van der Waals surface area contributed by atoms with Gasteiger partial charge in [-0.3, -0.25) is 0 Å². The lowest BCUT2D eigenvalue weighted by Crippen LogP contribution is -2.02. The van der Waals surface area contributed by atoms with Crippen molar-refractivity contribution in [3.63, 3.8) is 0 Å². The second-order valence-corrected chi connectivity index (χ2v) is 11.5. The maximum atomic E-state index is 5.21. The van der Waals surface area contributed by atoms with Crippen LogP contribution in [0.15, 0.2) is 152 Å². The Kier molecular flexibility index (Phi) is 6.32. The molecule has 0 atom stereocenters. The smallest absolute Gasteiger partial charge is 0.164 e. The van der Waals surface area contributed by atoms with E-state index in [1.165, 1.54) is 20.2 Å². The monoisotopic (exact) mass is 567 g/mol. The van der Waals surface area contributed by atoms with E-state index in [0.29, 0.717) is 17.5 Å². The van der Waals surface area contributed by atoms with Crippen LogP contribution in [0.5, 0.6) is 0 Å². The number of hydrogen-bond donors (Lipinski definition) is 0. The fourth-order valence-corrected chi connectivity index (χ4v) is 6.93. The molecule has 43 heavy (non-hydrogen) atoms. The van der Waals surface area contributed by atoms with E-state index >= 15 is 0 Å². The molecule has 0 fully saturated rings. The van der Waals surface area contributed by atoms with Crippen LogP contribution < -0.4 is 0 Å². The number of thiophene rings is 1. The average molecular weight is 568 g/mol.